The summed E-state index contributed by atoms with van der Waals surface area (Å²) >= 11 is 0. The van der Waals surface area contributed by atoms with Crippen molar-refractivity contribution >= 4 is 17.1 Å². The van der Waals surface area contributed by atoms with Crippen molar-refractivity contribution in [3.8, 4) is 0 Å². The van der Waals surface area contributed by atoms with Gasteiger partial charge in [-0.15, -0.1) is 0 Å². The molecule has 1 heteroatoms. The van der Waals surface area contributed by atoms with Crippen molar-refractivity contribution in [2.75, 3.05) is 4.90 Å². The van der Waals surface area contributed by atoms with E-state index in [0.29, 0.717) is 0 Å². The van der Waals surface area contributed by atoms with E-state index in [1.807, 2.05) is 0 Å². The van der Waals surface area contributed by atoms with E-state index in [1.165, 1.54) is 65.9 Å². The summed E-state index contributed by atoms with van der Waals surface area (Å²) in [7, 11) is 0. The third-order valence-electron chi connectivity index (χ3n) is 6.29. The van der Waals surface area contributed by atoms with Crippen molar-refractivity contribution in [1.82, 2.24) is 0 Å². The molecule has 0 N–H and O–H groups in total. The first-order valence-corrected chi connectivity index (χ1v) is 9.85. The zero-order chi connectivity index (χ0) is 17.6. The molecule has 0 saturated heterocycles. The lowest BCUT2D eigenvalue weighted by Gasteiger charge is -2.47. The van der Waals surface area contributed by atoms with Crippen LogP contribution in [0.25, 0.3) is 0 Å². The molecule has 0 amide bonds. The number of fused-ring (bicyclic) bond motifs is 4. The topological polar surface area (TPSA) is 3.24 Å². The van der Waals surface area contributed by atoms with Gasteiger partial charge >= 0.3 is 0 Å². The minimum atomic E-state index is 0.182. The molecule has 0 aromatic heterocycles. The molecular formula is C25H25N. The number of hydrogen-bond donors (Lipinski definition) is 0. The molecule has 26 heavy (non-hydrogen) atoms. The summed E-state index contributed by atoms with van der Waals surface area (Å²) in [5.41, 5.74) is 8.55. The van der Waals surface area contributed by atoms with Crippen LogP contribution in [0.15, 0.2) is 72.8 Å². The zero-order valence-electron chi connectivity index (χ0n) is 15.4. The Morgan fingerprint density at radius 1 is 0.692 bits per heavy atom. The Hall–Kier alpha value is -2.54. The predicted octanol–water partition coefficient (Wildman–Crippen LogP) is 7.03. The summed E-state index contributed by atoms with van der Waals surface area (Å²) in [4.78, 5) is 2.46. The minimum Gasteiger partial charge on any atom is -0.310 e. The van der Waals surface area contributed by atoms with Crippen LogP contribution in [-0.2, 0) is 5.41 Å². The van der Waals surface area contributed by atoms with Gasteiger partial charge in [-0.3, -0.25) is 0 Å². The number of hydrogen-bond acceptors (Lipinski definition) is 1. The summed E-state index contributed by atoms with van der Waals surface area (Å²) in [5, 5.41) is 0. The predicted molar refractivity (Wildman–Crippen MR) is 110 cm³/mol. The van der Waals surface area contributed by atoms with E-state index in [4.69, 9.17) is 0 Å². The van der Waals surface area contributed by atoms with Gasteiger partial charge in [0.25, 0.3) is 0 Å². The molecule has 130 valence electrons. The lowest BCUT2D eigenvalue weighted by atomic mass is 9.62. The van der Waals surface area contributed by atoms with E-state index in [-0.39, 0.29) is 5.41 Å². The average Bonchev–Trinajstić information content (AvgIpc) is 2.70. The number of para-hydroxylation sites is 2. The van der Waals surface area contributed by atoms with Crippen molar-refractivity contribution in [3.05, 3.63) is 89.5 Å². The highest BCUT2D eigenvalue weighted by Crippen LogP contribution is 2.57. The molecule has 0 atom stereocenters. The smallest absolute Gasteiger partial charge is 0.0503 e. The van der Waals surface area contributed by atoms with Crippen LogP contribution >= 0.6 is 0 Å². The van der Waals surface area contributed by atoms with E-state index in [1.54, 1.807) is 0 Å². The molecule has 0 bridgehead atoms. The van der Waals surface area contributed by atoms with Gasteiger partial charge in [0, 0.05) is 11.1 Å². The van der Waals surface area contributed by atoms with Gasteiger partial charge in [-0.05, 0) is 55.2 Å². The van der Waals surface area contributed by atoms with Crippen LogP contribution in [0, 0.1) is 6.92 Å². The molecule has 1 aliphatic carbocycles. The van der Waals surface area contributed by atoms with Crippen molar-refractivity contribution in [1.29, 1.82) is 0 Å². The summed E-state index contributed by atoms with van der Waals surface area (Å²) in [6.45, 7) is 2.23. The number of anilines is 3. The number of nitrogens with zero attached hydrogens (tertiary/aromatic N) is 1. The van der Waals surface area contributed by atoms with Crippen LogP contribution in [-0.4, -0.2) is 0 Å². The molecule has 1 heterocycles. The zero-order valence-corrected chi connectivity index (χ0v) is 15.4. The third-order valence-corrected chi connectivity index (χ3v) is 6.29. The molecule has 0 unspecified atom stereocenters. The normalized spacial score (nSPS) is 17.7. The monoisotopic (exact) mass is 339 g/mol. The fourth-order valence-corrected chi connectivity index (χ4v) is 5.13. The van der Waals surface area contributed by atoms with Crippen LogP contribution in [0.3, 0.4) is 0 Å². The highest BCUT2D eigenvalue weighted by Gasteiger charge is 2.43. The van der Waals surface area contributed by atoms with Crippen LogP contribution in [0.5, 0.6) is 0 Å². The second-order valence-corrected chi connectivity index (χ2v) is 7.85. The molecule has 1 spiro atoms. The molecule has 2 aliphatic rings. The molecule has 1 saturated carbocycles. The molecule has 0 radical (unpaired) electrons. The first kappa shape index (κ1) is 15.7. The highest BCUT2D eigenvalue weighted by molar-refractivity contribution is 5.86. The van der Waals surface area contributed by atoms with Crippen LogP contribution < -0.4 is 4.90 Å². The summed E-state index contributed by atoms with van der Waals surface area (Å²) < 4.78 is 0. The van der Waals surface area contributed by atoms with Crippen LogP contribution in [0.4, 0.5) is 17.1 Å². The maximum absolute atomic E-state index is 2.46. The second-order valence-electron chi connectivity index (χ2n) is 7.85. The largest absolute Gasteiger partial charge is 0.310 e. The lowest BCUT2D eigenvalue weighted by molar-refractivity contribution is 0.344. The molecule has 1 aliphatic heterocycles. The van der Waals surface area contributed by atoms with E-state index >= 15 is 0 Å². The molecule has 1 nitrogen and oxygen atoms in total. The van der Waals surface area contributed by atoms with E-state index < -0.39 is 0 Å². The summed E-state index contributed by atoms with van der Waals surface area (Å²) in [6, 6.07) is 27.0. The van der Waals surface area contributed by atoms with E-state index in [2.05, 4.69) is 84.6 Å². The lowest BCUT2D eigenvalue weighted by Crippen LogP contribution is -2.37. The van der Waals surface area contributed by atoms with Gasteiger partial charge in [-0.25, -0.2) is 0 Å². The molecule has 3 aromatic carbocycles. The van der Waals surface area contributed by atoms with Gasteiger partial charge in [-0.1, -0.05) is 73.4 Å². The van der Waals surface area contributed by atoms with Crippen molar-refractivity contribution < 1.29 is 0 Å². The first-order chi connectivity index (χ1) is 12.8. The molecular weight excluding hydrogens is 314 g/mol. The maximum atomic E-state index is 2.46. The van der Waals surface area contributed by atoms with Gasteiger partial charge < -0.3 is 4.90 Å². The fourth-order valence-electron chi connectivity index (χ4n) is 5.13. The Labute approximate surface area is 156 Å². The Morgan fingerprint density at radius 3 is 2.19 bits per heavy atom. The van der Waals surface area contributed by atoms with Gasteiger partial charge in [0.2, 0.25) is 0 Å². The molecule has 3 aromatic rings. The fraction of sp³-hybridized carbons (Fsp3) is 0.280. The van der Waals surface area contributed by atoms with Gasteiger partial charge in [0.05, 0.1) is 11.4 Å². The Kier molecular flexibility index (Phi) is 3.63. The highest BCUT2D eigenvalue weighted by atomic mass is 15.2. The van der Waals surface area contributed by atoms with E-state index in [0.717, 1.165) is 0 Å². The molecule has 5 rings (SSSR count). The van der Waals surface area contributed by atoms with Gasteiger partial charge in [0.1, 0.15) is 0 Å². The maximum Gasteiger partial charge on any atom is 0.0503 e. The van der Waals surface area contributed by atoms with Crippen molar-refractivity contribution in [2.45, 2.75) is 44.4 Å². The second kappa shape index (κ2) is 6.02. The van der Waals surface area contributed by atoms with Gasteiger partial charge in [0.15, 0.2) is 0 Å². The van der Waals surface area contributed by atoms with Crippen molar-refractivity contribution in [3.63, 3.8) is 0 Å². The number of rotatable bonds is 1. The van der Waals surface area contributed by atoms with Crippen molar-refractivity contribution in [2.24, 2.45) is 0 Å². The standard InChI is InChI=1S/C25H25N/c1-19-14-15-24-22(18-19)25(16-8-3-9-17-25)21-12-6-7-13-23(21)26(24)20-10-4-2-5-11-20/h2,4-7,10-15,18H,3,8-9,16-17H2,1H3. The summed E-state index contributed by atoms with van der Waals surface area (Å²) in [6.07, 6.45) is 6.56. The number of benzene rings is 3. The van der Waals surface area contributed by atoms with Gasteiger partial charge in [-0.2, -0.15) is 0 Å². The minimum absolute atomic E-state index is 0.182. The SMILES string of the molecule is Cc1ccc2c(c1)C1(CCCCC1)c1ccccc1N2c1ccccc1. The number of aryl methyl sites for hydroxylation is 1. The quantitative estimate of drug-likeness (QED) is 0.460. The third kappa shape index (κ3) is 2.23. The van der Waals surface area contributed by atoms with Crippen LogP contribution in [0.2, 0.25) is 0 Å². The van der Waals surface area contributed by atoms with E-state index in [9.17, 15) is 0 Å². The van der Waals surface area contributed by atoms with Crippen LogP contribution in [0.1, 0.15) is 48.8 Å². The Balaban J connectivity index is 1.83. The summed E-state index contributed by atoms with van der Waals surface area (Å²) in [5.74, 6) is 0. The Morgan fingerprint density at radius 2 is 1.38 bits per heavy atom. The molecule has 1 fully saturated rings. The Bertz CT molecular complexity index is 935. The first-order valence-electron chi connectivity index (χ1n) is 9.85. The average molecular weight is 339 g/mol.